The van der Waals surface area contributed by atoms with Crippen molar-refractivity contribution >= 4 is 5.97 Å². The lowest BCUT2D eigenvalue weighted by molar-refractivity contribution is -0.140. The maximum absolute atomic E-state index is 11.1. The summed E-state index contributed by atoms with van der Waals surface area (Å²) in [5, 5.41) is 0. The number of ether oxygens (including phenoxy) is 3. The predicted octanol–water partition coefficient (Wildman–Crippen LogP) is 1.51. The first kappa shape index (κ1) is 13.0. The molecule has 0 heterocycles. The van der Waals surface area contributed by atoms with E-state index < -0.39 is 5.97 Å². The molecule has 0 aromatic rings. The molecular weight excluding hydrogens is 184 g/mol. The first-order valence-electron chi connectivity index (χ1n) is 4.75. The van der Waals surface area contributed by atoms with Gasteiger partial charge in [-0.1, -0.05) is 6.92 Å². The quantitative estimate of drug-likeness (QED) is 0.272. The van der Waals surface area contributed by atoms with Crippen LogP contribution in [0.4, 0.5) is 0 Å². The molecule has 0 aliphatic heterocycles. The van der Waals surface area contributed by atoms with Crippen molar-refractivity contribution in [2.24, 2.45) is 0 Å². The van der Waals surface area contributed by atoms with Crippen molar-refractivity contribution in [2.75, 3.05) is 26.9 Å². The van der Waals surface area contributed by atoms with Gasteiger partial charge in [-0.2, -0.15) is 0 Å². The smallest absolute Gasteiger partial charge is 0.372 e. The maximum Gasteiger partial charge on any atom is 0.372 e. The van der Waals surface area contributed by atoms with Gasteiger partial charge in [0.05, 0.1) is 13.7 Å². The number of hydrogen-bond acceptors (Lipinski definition) is 4. The van der Waals surface area contributed by atoms with Crippen molar-refractivity contribution in [1.82, 2.24) is 0 Å². The Kier molecular flexibility index (Phi) is 7.93. The molecule has 0 saturated carbocycles. The van der Waals surface area contributed by atoms with Crippen LogP contribution in [0.15, 0.2) is 11.8 Å². The van der Waals surface area contributed by atoms with Gasteiger partial charge in [-0.15, -0.1) is 0 Å². The monoisotopic (exact) mass is 202 g/mol. The van der Waals surface area contributed by atoms with Crippen LogP contribution in [0.5, 0.6) is 0 Å². The Morgan fingerprint density at radius 2 is 2.00 bits per heavy atom. The minimum absolute atomic E-state index is 0.259. The Labute approximate surface area is 84.8 Å². The average Bonchev–Trinajstić information content (AvgIpc) is 2.21. The lowest BCUT2D eigenvalue weighted by Crippen LogP contribution is -2.11. The molecule has 0 N–H and O–H groups in total. The van der Waals surface area contributed by atoms with E-state index in [0.29, 0.717) is 19.8 Å². The van der Waals surface area contributed by atoms with E-state index >= 15 is 0 Å². The summed E-state index contributed by atoms with van der Waals surface area (Å²) >= 11 is 0. The number of esters is 1. The molecule has 0 spiro atoms. The largest absolute Gasteiger partial charge is 0.484 e. The minimum atomic E-state index is -0.441. The predicted molar refractivity (Wildman–Crippen MR) is 52.8 cm³/mol. The van der Waals surface area contributed by atoms with Gasteiger partial charge in [-0.3, -0.25) is 0 Å². The van der Waals surface area contributed by atoms with E-state index in [0.717, 1.165) is 6.42 Å². The summed E-state index contributed by atoms with van der Waals surface area (Å²) in [4.78, 5) is 11.1. The Balaban J connectivity index is 3.86. The zero-order chi connectivity index (χ0) is 10.8. The molecule has 14 heavy (non-hydrogen) atoms. The minimum Gasteiger partial charge on any atom is -0.484 e. The van der Waals surface area contributed by atoms with Crippen LogP contribution in [0.2, 0.25) is 0 Å². The molecule has 0 unspecified atom stereocenters. The highest BCUT2D eigenvalue weighted by atomic mass is 16.6. The Hall–Kier alpha value is -1.03. The number of allylic oxidation sites excluding steroid dienone is 1. The molecule has 0 aliphatic carbocycles. The maximum atomic E-state index is 11.1. The molecule has 0 aliphatic rings. The van der Waals surface area contributed by atoms with Crippen LogP contribution in [0.3, 0.4) is 0 Å². The summed E-state index contributed by atoms with van der Waals surface area (Å²) in [5.74, 6) is -0.182. The third kappa shape index (κ3) is 5.59. The van der Waals surface area contributed by atoms with Crippen molar-refractivity contribution in [3.05, 3.63) is 11.8 Å². The van der Waals surface area contributed by atoms with Gasteiger partial charge in [0.2, 0.25) is 5.76 Å². The molecule has 0 radical (unpaired) electrons. The summed E-state index contributed by atoms with van der Waals surface area (Å²) in [6, 6.07) is 0. The Bertz CT molecular complexity index is 187. The molecule has 0 amide bonds. The van der Waals surface area contributed by atoms with Crippen LogP contribution in [0.1, 0.15) is 20.3 Å². The van der Waals surface area contributed by atoms with Gasteiger partial charge >= 0.3 is 5.97 Å². The second kappa shape index (κ2) is 8.56. The van der Waals surface area contributed by atoms with E-state index in [-0.39, 0.29) is 5.76 Å². The molecule has 0 aromatic heterocycles. The Morgan fingerprint density at radius 3 is 2.50 bits per heavy atom. The topological polar surface area (TPSA) is 44.8 Å². The Morgan fingerprint density at radius 1 is 1.29 bits per heavy atom. The van der Waals surface area contributed by atoms with Crippen LogP contribution in [0, 0.1) is 0 Å². The van der Waals surface area contributed by atoms with E-state index in [2.05, 4.69) is 4.74 Å². The highest BCUT2D eigenvalue weighted by Gasteiger charge is 2.09. The van der Waals surface area contributed by atoms with Crippen molar-refractivity contribution in [3.63, 3.8) is 0 Å². The molecule has 4 heteroatoms. The summed E-state index contributed by atoms with van der Waals surface area (Å²) in [6.07, 6.45) is 2.43. The highest BCUT2D eigenvalue weighted by molar-refractivity contribution is 5.86. The number of methoxy groups -OCH3 is 1. The van der Waals surface area contributed by atoms with Crippen LogP contribution in [0.25, 0.3) is 0 Å². The molecule has 0 rings (SSSR count). The fourth-order valence-electron chi connectivity index (χ4n) is 0.842. The van der Waals surface area contributed by atoms with Crippen LogP contribution in [-0.4, -0.2) is 32.9 Å². The van der Waals surface area contributed by atoms with E-state index in [1.165, 1.54) is 7.11 Å². The second-order valence-electron chi connectivity index (χ2n) is 2.51. The molecular formula is C10H18O4. The van der Waals surface area contributed by atoms with Crippen LogP contribution in [-0.2, 0) is 19.0 Å². The molecule has 4 nitrogen and oxygen atoms in total. The molecule has 0 fully saturated rings. The number of carbonyl (C=O) groups excluding carboxylic acids is 1. The van der Waals surface area contributed by atoms with Gasteiger partial charge in [0.25, 0.3) is 0 Å². The lowest BCUT2D eigenvalue weighted by atomic mass is 10.4. The van der Waals surface area contributed by atoms with E-state index in [1.807, 2.05) is 13.8 Å². The molecule has 0 atom stereocenters. The molecule has 82 valence electrons. The van der Waals surface area contributed by atoms with Gasteiger partial charge in [0, 0.05) is 6.61 Å². The summed E-state index contributed by atoms with van der Waals surface area (Å²) in [5.41, 5.74) is 0. The average molecular weight is 202 g/mol. The summed E-state index contributed by atoms with van der Waals surface area (Å²) < 4.78 is 14.8. The number of carbonyl (C=O) groups is 1. The SMILES string of the molecule is CCC=C(OCCOCC)C(=O)OC. The third-order valence-electron chi connectivity index (χ3n) is 1.47. The zero-order valence-electron chi connectivity index (χ0n) is 9.04. The fraction of sp³-hybridized carbons (Fsp3) is 0.700. The second-order valence-corrected chi connectivity index (χ2v) is 2.51. The van der Waals surface area contributed by atoms with Gasteiger partial charge < -0.3 is 14.2 Å². The standard InChI is InChI=1S/C10H18O4/c1-4-6-9(10(11)12-3)14-8-7-13-5-2/h6H,4-5,7-8H2,1-3H3. The number of rotatable bonds is 7. The zero-order valence-corrected chi connectivity index (χ0v) is 9.04. The van der Waals surface area contributed by atoms with Crippen molar-refractivity contribution in [3.8, 4) is 0 Å². The highest BCUT2D eigenvalue weighted by Crippen LogP contribution is 2.01. The fourth-order valence-corrected chi connectivity index (χ4v) is 0.842. The molecule has 0 saturated heterocycles. The molecule has 0 bridgehead atoms. The molecule has 0 aromatic carbocycles. The number of hydrogen-bond donors (Lipinski definition) is 0. The lowest BCUT2D eigenvalue weighted by Gasteiger charge is -2.08. The van der Waals surface area contributed by atoms with E-state index in [4.69, 9.17) is 9.47 Å². The van der Waals surface area contributed by atoms with Crippen molar-refractivity contribution in [2.45, 2.75) is 20.3 Å². The summed E-state index contributed by atoms with van der Waals surface area (Å²) in [6.45, 7) is 5.33. The van der Waals surface area contributed by atoms with Gasteiger partial charge in [-0.05, 0) is 19.4 Å². The van der Waals surface area contributed by atoms with E-state index in [1.54, 1.807) is 6.08 Å². The van der Waals surface area contributed by atoms with E-state index in [9.17, 15) is 4.79 Å². The summed E-state index contributed by atoms with van der Waals surface area (Å²) in [7, 11) is 1.33. The van der Waals surface area contributed by atoms with Crippen molar-refractivity contribution < 1.29 is 19.0 Å². The van der Waals surface area contributed by atoms with Crippen LogP contribution < -0.4 is 0 Å². The normalized spacial score (nSPS) is 11.2. The van der Waals surface area contributed by atoms with Crippen LogP contribution >= 0.6 is 0 Å². The first-order chi connectivity index (χ1) is 6.76. The van der Waals surface area contributed by atoms with Gasteiger partial charge in [-0.25, -0.2) is 4.79 Å². The third-order valence-corrected chi connectivity index (χ3v) is 1.47. The van der Waals surface area contributed by atoms with Crippen molar-refractivity contribution in [1.29, 1.82) is 0 Å². The van der Waals surface area contributed by atoms with Gasteiger partial charge in [0.1, 0.15) is 6.61 Å². The first-order valence-corrected chi connectivity index (χ1v) is 4.75. The van der Waals surface area contributed by atoms with Gasteiger partial charge in [0.15, 0.2) is 0 Å².